The van der Waals surface area contributed by atoms with Crippen molar-refractivity contribution in [1.29, 1.82) is 0 Å². The Balaban J connectivity index is 0.00000392. The predicted molar refractivity (Wildman–Crippen MR) is 125 cm³/mol. The van der Waals surface area contributed by atoms with Crippen molar-refractivity contribution in [2.45, 2.75) is 58.7 Å². The van der Waals surface area contributed by atoms with Gasteiger partial charge in [-0.05, 0) is 50.8 Å². The Morgan fingerprint density at radius 2 is 1.89 bits per heavy atom. The summed E-state index contributed by atoms with van der Waals surface area (Å²) in [5.74, 6) is 0.903. The van der Waals surface area contributed by atoms with Gasteiger partial charge in [0.1, 0.15) is 0 Å². The largest absolute Gasteiger partial charge is 0.378 e. The van der Waals surface area contributed by atoms with Crippen molar-refractivity contribution < 1.29 is 9.53 Å². The summed E-state index contributed by atoms with van der Waals surface area (Å²) in [7, 11) is 1.82. The minimum Gasteiger partial charge on any atom is -0.378 e. The van der Waals surface area contributed by atoms with Crippen molar-refractivity contribution in [3.05, 3.63) is 35.4 Å². The number of hydrogen-bond acceptors (Lipinski definition) is 3. The van der Waals surface area contributed by atoms with Crippen LogP contribution in [-0.4, -0.2) is 55.7 Å². The van der Waals surface area contributed by atoms with Crippen LogP contribution in [-0.2, 0) is 11.3 Å². The van der Waals surface area contributed by atoms with Crippen molar-refractivity contribution in [1.82, 2.24) is 15.5 Å². The van der Waals surface area contributed by atoms with E-state index in [4.69, 9.17) is 4.74 Å². The minimum absolute atomic E-state index is 0. The number of guanidine groups is 1. The second-order valence-corrected chi connectivity index (χ2v) is 7.02. The van der Waals surface area contributed by atoms with Gasteiger partial charge < -0.3 is 20.3 Å². The maximum absolute atomic E-state index is 12.2. The molecule has 1 saturated heterocycles. The van der Waals surface area contributed by atoms with Gasteiger partial charge in [0.15, 0.2) is 5.96 Å². The van der Waals surface area contributed by atoms with Gasteiger partial charge in [-0.2, -0.15) is 0 Å². The van der Waals surface area contributed by atoms with E-state index in [9.17, 15) is 4.79 Å². The molecule has 2 N–H and O–H groups in total. The number of benzene rings is 1. The van der Waals surface area contributed by atoms with Crippen LogP contribution in [0.5, 0.6) is 0 Å². The number of amides is 1. The molecule has 1 heterocycles. The fourth-order valence-corrected chi connectivity index (χ4v) is 3.17. The molecule has 1 unspecified atom stereocenters. The molecule has 0 aliphatic carbocycles. The summed E-state index contributed by atoms with van der Waals surface area (Å²) >= 11 is 0. The highest BCUT2D eigenvalue weighted by Gasteiger charge is 2.21. The summed E-state index contributed by atoms with van der Waals surface area (Å²) in [5.41, 5.74) is 1.82. The molecule has 1 atom stereocenters. The summed E-state index contributed by atoms with van der Waals surface area (Å²) < 4.78 is 5.72. The average molecular weight is 502 g/mol. The van der Waals surface area contributed by atoms with E-state index in [1.807, 2.05) is 45.2 Å². The molecule has 1 aliphatic rings. The monoisotopic (exact) mass is 502 g/mol. The van der Waals surface area contributed by atoms with Crippen molar-refractivity contribution in [2.24, 2.45) is 4.99 Å². The third-order valence-electron chi connectivity index (χ3n) is 5.01. The molecule has 0 aromatic heterocycles. The number of piperidine rings is 1. The lowest BCUT2D eigenvalue weighted by molar-refractivity contribution is 0.0263. The van der Waals surface area contributed by atoms with E-state index in [0.717, 1.165) is 50.5 Å². The zero-order valence-electron chi connectivity index (χ0n) is 17.5. The number of ether oxygens (including phenoxy) is 1. The third-order valence-corrected chi connectivity index (χ3v) is 5.01. The topological polar surface area (TPSA) is 66.0 Å². The van der Waals surface area contributed by atoms with Crippen molar-refractivity contribution in [3.8, 4) is 0 Å². The Morgan fingerprint density at radius 1 is 1.25 bits per heavy atom. The van der Waals surface area contributed by atoms with Crippen LogP contribution in [0.15, 0.2) is 29.3 Å². The van der Waals surface area contributed by atoms with Crippen LogP contribution in [0.2, 0.25) is 0 Å². The third kappa shape index (κ3) is 7.58. The van der Waals surface area contributed by atoms with Crippen molar-refractivity contribution >= 4 is 35.8 Å². The Bertz CT molecular complexity index is 613. The van der Waals surface area contributed by atoms with Gasteiger partial charge in [-0.1, -0.05) is 19.1 Å². The summed E-state index contributed by atoms with van der Waals surface area (Å²) in [5, 5.41) is 6.42. The number of hydrogen-bond donors (Lipinski definition) is 2. The van der Waals surface area contributed by atoms with Crippen LogP contribution in [0.4, 0.5) is 0 Å². The van der Waals surface area contributed by atoms with E-state index >= 15 is 0 Å². The number of carbonyl (C=O) groups is 1. The molecule has 7 heteroatoms. The van der Waals surface area contributed by atoms with Crippen molar-refractivity contribution in [3.63, 3.8) is 0 Å². The Morgan fingerprint density at radius 3 is 2.43 bits per heavy atom. The first-order valence-corrected chi connectivity index (χ1v) is 10.0. The Kier molecular flexibility index (Phi) is 11.4. The SMILES string of the molecule is CCOC1CCN(C(=NC)NCc2ccc(C(=O)NC(C)CC)cc2)CC1.I. The number of nitrogens with one attached hydrogen (secondary N) is 2. The molecular formula is C21H35IN4O2. The quantitative estimate of drug-likeness (QED) is 0.341. The Labute approximate surface area is 186 Å². The molecule has 1 aliphatic heterocycles. The average Bonchev–Trinajstić information content (AvgIpc) is 2.70. The molecule has 0 spiro atoms. The van der Waals surface area contributed by atoms with E-state index in [0.29, 0.717) is 18.2 Å². The molecule has 1 aromatic carbocycles. The van der Waals surface area contributed by atoms with Gasteiger partial charge in [0.2, 0.25) is 0 Å². The van der Waals surface area contributed by atoms with Gasteiger partial charge in [0.05, 0.1) is 6.10 Å². The summed E-state index contributed by atoms with van der Waals surface area (Å²) in [6.07, 6.45) is 3.37. The van der Waals surface area contributed by atoms with Gasteiger partial charge in [-0.3, -0.25) is 9.79 Å². The molecule has 0 saturated carbocycles. The highest BCUT2D eigenvalue weighted by Crippen LogP contribution is 2.14. The standard InChI is InChI=1S/C21H34N4O2.HI/c1-5-16(3)24-20(26)18-9-7-17(8-10-18)15-23-21(22-4)25-13-11-19(12-14-25)27-6-2;/h7-10,16,19H,5-6,11-15H2,1-4H3,(H,22,23)(H,24,26);1H. The smallest absolute Gasteiger partial charge is 0.251 e. The zero-order chi connectivity index (χ0) is 19.6. The van der Waals surface area contributed by atoms with Crippen LogP contribution in [0.3, 0.4) is 0 Å². The second kappa shape index (κ2) is 13.0. The van der Waals surface area contributed by atoms with E-state index in [1.54, 1.807) is 0 Å². The number of carbonyl (C=O) groups excluding carboxylic acids is 1. The number of rotatable bonds is 7. The van der Waals surface area contributed by atoms with Gasteiger partial charge in [0.25, 0.3) is 5.91 Å². The van der Waals surface area contributed by atoms with Crippen LogP contribution in [0, 0.1) is 0 Å². The lowest BCUT2D eigenvalue weighted by Crippen LogP contribution is -2.46. The highest BCUT2D eigenvalue weighted by molar-refractivity contribution is 14.0. The zero-order valence-corrected chi connectivity index (χ0v) is 19.9. The highest BCUT2D eigenvalue weighted by atomic mass is 127. The number of aliphatic imine (C=N–C) groups is 1. The number of halogens is 1. The van der Waals surface area contributed by atoms with E-state index < -0.39 is 0 Å². The second-order valence-electron chi connectivity index (χ2n) is 7.02. The molecule has 28 heavy (non-hydrogen) atoms. The van der Waals surface area contributed by atoms with Crippen LogP contribution >= 0.6 is 24.0 Å². The van der Waals surface area contributed by atoms with Gasteiger partial charge >= 0.3 is 0 Å². The summed E-state index contributed by atoms with van der Waals surface area (Å²) in [6, 6.07) is 7.94. The molecule has 0 radical (unpaired) electrons. The first kappa shape index (κ1) is 24.7. The molecule has 158 valence electrons. The minimum atomic E-state index is -0.0168. The molecule has 1 amide bonds. The molecule has 6 nitrogen and oxygen atoms in total. The van der Waals surface area contributed by atoms with E-state index in [-0.39, 0.29) is 35.9 Å². The maximum atomic E-state index is 12.2. The molecule has 1 aromatic rings. The molecular weight excluding hydrogens is 467 g/mol. The maximum Gasteiger partial charge on any atom is 0.251 e. The molecule has 2 rings (SSSR count). The normalized spacial score (nSPS) is 16.3. The molecule has 0 bridgehead atoms. The number of nitrogens with zero attached hydrogens (tertiary/aromatic N) is 2. The summed E-state index contributed by atoms with van der Waals surface area (Å²) in [4.78, 5) is 18.8. The van der Waals surface area contributed by atoms with Crippen molar-refractivity contribution in [2.75, 3.05) is 26.7 Å². The predicted octanol–water partition coefficient (Wildman–Crippen LogP) is 3.41. The lowest BCUT2D eigenvalue weighted by atomic mass is 10.1. The van der Waals surface area contributed by atoms with Gasteiger partial charge in [0, 0.05) is 44.9 Å². The lowest BCUT2D eigenvalue weighted by Gasteiger charge is -2.34. The Hall–Kier alpha value is -1.35. The number of likely N-dealkylation sites (tertiary alicyclic amines) is 1. The van der Waals surface area contributed by atoms with Crippen LogP contribution < -0.4 is 10.6 Å². The van der Waals surface area contributed by atoms with Gasteiger partial charge in [-0.25, -0.2) is 0 Å². The molecule has 1 fully saturated rings. The van der Waals surface area contributed by atoms with E-state index in [1.165, 1.54) is 0 Å². The fourth-order valence-electron chi connectivity index (χ4n) is 3.17. The first-order chi connectivity index (χ1) is 13.1. The summed E-state index contributed by atoms with van der Waals surface area (Å²) in [6.45, 7) is 9.50. The first-order valence-electron chi connectivity index (χ1n) is 10.0. The van der Waals surface area contributed by atoms with Crippen LogP contribution in [0.1, 0.15) is 56.0 Å². The van der Waals surface area contributed by atoms with Gasteiger partial charge in [-0.15, -0.1) is 24.0 Å². The fraction of sp³-hybridized carbons (Fsp3) is 0.619. The van der Waals surface area contributed by atoms with Crippen LogP contribution in [0.25, 0.3) is 0 Å². The van der Waals surface area contributed by atoms with E-state index in [2.05, 4.69) is 27.4 Å².